The number of nitrogens with one attached hydrogen (secondary N) is 1. The zero-order valence-corrected chi connectivity index (χ0v) is 10.9. The molecular weight excluding hydrogens is 260 g/mol. The number of para-hydroxylation sites is 1. The predicted molar refractivity (Wildman–Crippen MR) is 73.6 cm³/mol. The molecule has 6 nitrogen and oxygen atoms in total. The number of carbonyl (C=O) groups is 2. The number of amides is 1. The maximum atomic E-state index is 11.7. The van der Waals surface area contributed by atoms with Crippen LogP contribution >= 0.6 is 0 Å². The summed E-state index contributed by atoms with van der Waals surface area (Å²) in [7, 11) is 0. The first kappa shape index (κ1) is 14.0. The van der Waals surface area contributed by atoms with Crippen molar-refractivity contribution in [3.63, 3.8) is 0 Å². The molecule has 0 spiro atoms. The number of rotatable bonds is 5. The molecule has 6 heteroatoms. The highest BCUT2D eigenvalue weighted by Crippen LogP contribution is 2.21. The topological polar surface area (TPSA) is 88.5 Å². The monoisotopic (exact) mass is 274 g/mol. The fourth-order valence-electron chi connectivity index (χ4n) is 1.76. The van der Waals surface area contributed by atoms with E-state index in [1.54, 1.807) is 6.07 Å². The van der Waals surface area contributed by atoms with Gasteiger partial charge in [0.2, 0.25) is 5.91 Å². The molecule has 0 saturated heterocycles. The Balaban J connectivity index is 2.11. The Labute approximate surface area is 115 Å². The number of aromatic nitrogens is 1. The van der Waals surface area contributed by atoms with Crippen LogP contribution in [0.15, 0.2) is 30.3 Å². The zero-order valence-electron chi connectivity index (χ0n) is 10.9. The molecule has 0 unspecified atom stereocenters. The Morgan fingerprint density at radius 2 is 2.05 bits per heavy atom. The molecule has 0 fully saturated rings. The van der Waals surface area contributed by atoms with Gasteiger partial charge in [0, 0.05) is 11.1 Å². The van der Waals surface area contributed by atoms with Crippen molar-refractivity contribution in [1.29, 1.82) is 0 Å². The minimum Gasteiger partial charge on any atom is -0.480 e. The molecule has 1 heterocycles. The van der Waals surface area contributed by atoms with Gasteiger partial charge in [-0.3, -0.25) is 9.78 Å². The second-order valence-electron chi connectivity index (χ2n) is 4.26. The van der Waals surface area contributed by atoms with Gasteiger partial charge in [0.15, 0.2) is 0 Å². The minimum atomic E-state index is -1.11. The molecule has 2 rings (SSSR count). The van der Waals surface area contributed by atoms with Crippen molar-refractivity contribution >= 4 is 28.5 Å². The van der Waals surface area contributed by atoms with E-state index in [1.807, 2.05) is 31.2 Å². The molecule has 104 valence electrons. The number of carbonyl (C=O) groups excluding carboxylic acids is 1. The Bertz CT molecular complexity index is 655. The normalized spacial score (nSPS) is 10.4. The van der Waals surface area contributed by atoms with E-state index in [0.717, 1.165) is 11.1 Å². The summed E-state index contributed by atoms with van der Waals surface area (Å²) < 4.78 is 4.73. The summed E-state index contributed by atoms with van der Waals surface area (Å²) in [4.78, 5) is 26.3. The van der Waals surface area contributed by atoms with Crippen molar-refractivity contribution in [2.24, 2.45) is 0 Å². The number of pyridine rings is 1. The standard InChI is InChI=1S/C14H14N2O4/c1-9-5-6-10-3-2-4-11(14(10)15-9)16-12(17)7-20-8-13(18)19/h2-6H,7-8H2,1H3,(H,16,17)(H,18,19). The average molecular weight is 274 g/mol. The van der Waals surface area contributed by atoms with E-state index in [4.69, 9.17) is 9.84 Å². The molecule has 0 aliphatic carbocycles. The minimum absolute atomic E-state index is 0.311. The molecule has 0 saturated carbocycles. The molecule has 1 amide bonds. The fourth-order valence-corrected chi connectivity index (χ4v) is 1.76. The molecule has 0 radical (unpaired) electrons. The third kappa shape index (κ3) is 3.52. The van der Waals surface area contributed by atoms with Crippen LogP contribution in [0, 0.1) is 6.92 Å². The van der Waals surface area contributed by atoms with Crippen LogP contribution in [0.4, 0.5) is 5.69 Å². The molecule has 2 aromatic rings. The number of carboxylic acids is 1. The van der Waals surface area contributed by atoms with Gasteiger partial charge < -0.3 is 15.2 Å². The Morgan fingerprint density at radius 3 is 2.80 bits per heavy atom. The van der Waals surface area contributed by atoms with Crippen LogP contribution in [0.1, 0.15) is 5.69 Å². The number of anilines is 1. The molecule has 0 aliphatic rings. The van der Waals surface area contributed by atoms with E-state index in [2.05, 4.69) is 10.3 Å². The van der Waals surface area contributed by atoms with Crippen LogP contribution in [-0.2, 0) is 14.3 Å². The number of benzene rings is 1. The SMILES string of the molecule is Cc1ccc2cccc(NC(=O)COCC(=O)O)c2n1. The van der Waals surface area contributed by atoms with Gasteiger partial charge in [0.05, 0.1) is 11.2 Å². The summed E-state index contributed by atoms with van der Waals surface area (Å²) >= 11 is 0. The van der Waals surface area contributed by atoms with Gasteiger partial charge in [0.25, 0.3) is 0 Å². The van der Waals surface area contributed by atoms with E-state index in [-0.39, 0.29) is 6.61 Å². The number of ether oxygens (including phenoxy) is 1. The number of nitrogens with zero attached hydrogens (tertiary/aromatic N) is 1. The Kier molecular flexibility index (Phi) is 4.27. The smallest absolute Gasteiger partial charge is 0.329 e. The number of hydrogen-bond acceptors (Lipinski definition) is 4. The molecule has 0 atom stereocenters. The number of aliphatic carboxylic acids is 1. The molecule has 2 N–H and O–H groups in total. The lowest BCUT2D eigenvalue weighted by Crippen LogP contribution is -2.20. The van der Waals surface area contributed by atoms with Gasteiger partial charge in [-0.05, 0) is 19.1 Å². The second kappa shape index (κ2) is 6.12. The van der Waals surface area contributed by atoms with Gasteiger partial charge in [0.1, 0.15) is 13.2 Å². The van der Waals surface area contributed by atoms with Crippen molar-refractivity contribution in [2.45, 2.75) is 6.92 Å². The first-order valence-corrected chi connectivity index (χ1v) is 6.02. The zero-order chi connectivity index (χ0) is 14.5. The second-order valence-corrected chi connectivity index (χ2v) is 4.26. The van der Waals surface area contributed by atoms with Gasteiger partial charge in [-0.25, -0.2) is 4.79 Å². The van der Waals surface area contributed by atoms with Crippen LogP contribution in [0.25, 0.3) is 10.9 Å². The molecule has 20 heavy (non-hydrogen) atoms. The van der Waals surface area contributed by atoms with Gasteiger partial charge in [-0.15, -0.1) is 0 Å². The lowest BCUT2D eigenvalue weighted by Gasteiger charge is -2.08. The summed E-state index contributed by atoms with van der Waals surface area (Å²) in [5.41, 5.74) is 2.12. The van der Waals surface area contributed by atoms with Gasteiger partial charge in [-0.2, -0.15) is 0 Å². The lowest BCUT2D eigenvalue weighted by molar-refractivity contribution is -0.143. The summed E-state index contributed by atoms with van der Waals surface area (Å²) in [5.74, 6) is -1.53. The average Bonchev–Trinajstić information content (AvgIpc) is 2.39. The van der Waals surface area contributed by atoms with Crippen molar-refractivity contribution in [3.8, 4) is 0 Å². The number of fused-ring (bicyclic) bond motifs is 1. The quantitative estimate of drug-likeness (QED) is 0.864. The van der Waals surface area contributed by atoms with Crippen molar-refractivity contribution in [3.05, 3.63) is 36.0 Å². The summed E-state index contributed by atoms with van der Waals surface area (Å²) in [6.07, 6.45) is 0. The van der Waals surface area contributed by atoms with Crippen molar-refractivity contribution in [2.75, 3.05) is 18.5 Å². The number of aryl methyl sites for hydroxylation is 1. The lowest BCUT2D eigenvalue weighted by atomic mass is 10.1. The first-order chi connectivity index (χ1) is 9.56. The first-order valence-electron chi connectivity index (χ1n) is 6.02. The third-order valence-electron chi connectivity index (χ3n) is 2.59. The molecular formula is C14H14N2O4. The summed E-state index contributed by atoms with van der Waals surface area (Å²) in [6.45, 7) is 1.06. The van der Waals surface area contributed by atoms with E-state index >= 15 is 0 Å². The third-order valence-corrected chi connectivity index (χ3v) is 2.59. The highest BCUT2D eigenvalue weighted by molar-refractivity contribution is 6.00. The molecule has 1 aromatic carbocycles. The predicted octanol–water partition coefficient (Wildman–Crippen LogP) is 1.58. The van der Waals surface area contributed by atoms with E-state index in [9.17, 15) is 9.59 Å². The van der Waals surface area contributed by atoms with E-state index in [0.29, 0.717) is 11.2 Å². The highest BCUT2D eigenvalue weighted by Gasteiger charge is 2.08. The molecule has 1 aromatic heterocycles. The van der Waals surface area contributed by atoms with Crippen LogP contribution in [0.3, 0.4) is 0 Å². The maximum Gasteiger partial charge on any atom is 0.329 e. The maximum absolute atomic E-state index is 11.7. The van der Waals surface area contributed by atoms with Crippen LogP contribution in [-0.4, -0.2) is 35.2 Å². The Morgan fingerprint density at radius 1 is 1.25 bits per heavy atom. The van der Waals surface area contributed by atoms with Gasteiger partial charge in [-0.1, -0.05) is 18.2 Å². The number of hydrogen-bond donors (Lipinski definition) is 2. The fraction of sp³-hybridized carbons (Fsp3) is 0.214. The molecule has 0 bridgehead atoms. The van der Waals surface area contributed by atoms with E-state index < -0.39 is 18.5 Å². The van der Waals surface area contributed by atoms with Gasteiger partial charge >= 0.3 is 5.97 Å². The van der Waals surface area contributed by atoms with Crippen LogP contribution < -0.4 is 5.32 Å². The van der Waals surface area contributed by atoms with Crippen molar-refractivity contribution in [1.82, 2.24) is 4.98 Å². The largest absolute Gasteiger partial charge is 0.480 e. The summed E-state index contributed by atoms with van der Waals surface area (Å²) in [6, 6.07) is 9.27. The van der Waals surface area contributed by atoms with Crippen LogP contribution in [0.2, 0.25) is 0 Å². The summed E-state index contributed by atoms with van der Waals surface area (Å²) in [5, 5.41) is 12.0. The number of carboxylic acid groups (broad SMARTS) is 1. The Hall–Kier alpha value is -2.47. The van der Waals surface area contributed by atoms with Crippen molar-refractivity contribution < 1.29 is 19.4 Å². The highest BCUT2D eigenvalue weighted by atomic mass is 16.5. The van der Waals surface area contributed by atoms with Crippen LogP contribution in [0.5, 0.6) is 0 Å². The van der Waals surface area contributed by atoms with E-state index in [1.165, 1.54) is 0 Å². The molecule has 0 aliphatic heterocycles.